The Labute approximate surface area is 189 Å². The summed E-state index contributed by atoms with van der Waals surface area (Å²) in [6, 6.07) is 14.9. The molecule has 0 unspecified atom stereocenters. The number of nitrogens with one attached hydrogen (secondary N) is 2. The fourth-order valence-corrected chi connectivity index (χ4v) is 4.05. The van der Waals surface area contributed by atoms with Crippen molar-refractivity contribution in [3.63, 3.8) is 0 Å². The molecule has 1 fully saturated rings. The molecular weight excluding hydrogens is 434 g/mol. The predicted octanol–water partition coefficient (Wildman–Crippen LogP) is 4.17. The zero-order chi connectivity index (χ0) is 21.8. The average Bonchev–Trinajstić information content (AvgIpc) is 3.50. The van der Waals surface area contributed by atoms with Crippen LogP contribution in [0, 0.1) is 0 Å². The Morgan fingerprint density at radius 1 is 1.16 bits per heavy atom. The van der Waals surface area contributed by atoms with Crippen LogP contribution in [0.15, 0.2) is 53.7 Å². The summed E-state index contributed by atoms with van der Waals surface area (Å²) < 4.78 is 1.99. The predicted molar refractivity (Wildman–Crippen MR) is 122 cm³/mol. The minimum atomic E-state index is -0.129. The number of carbonyl (C=O) groups excluding carboxylic acids is 2. The lowest BCUT2D eigenvalue weighted by Crippen LogP contribution is -2.24. The van der Waals surface area contributed by atoms with E-state index in [1.54, 1.807) is 12.1 Å². The van der Waals surface area contributed by atoms with Gasteiger partial charge in [0.15, 0.2) is 5.16 Å². The van der Waals surface area contributed by atoms with Crippen molar-refractivity contribution in [2.75, 3.05) is 11.1 Å². The lowest BCUT2D eigenvalue weighted by molar-refractivity contribution is -0.118. The summed E-state index contributed by atoms with van der Waals surface area (Å²) in [6.07, 6.45) is 2.16. The van der Waals surface area contributed by atoms with Crippen LogP contribution < -0.4 is 10.6 Å². The second-order valence-electron chi connectivity index (χ2n) is 7.37. The van der Waals surface area contributed by atoms with E-state index in [2.05, 4.69) is 20.8 Å². The van der Waals surface area contributed by atoms with Crippen LogP contribution in [0.3, 0.4) is 0 Å². The van der Waals surface area contributed by atoms with Crippen LogP contribution in [0.2, 0.25) is 5.02 Å². The zero-order valence-electron chi connectivity index (χ0n) is 17.0. The lowest BCUT2D eigenvalue weighted by atomic mass is 10.2. The molecule has 0 bridgehead atoms. The fourth-order valence-electron chi connectivity index (χ4n) is 3.13. The van der Waals surface area contributed by atoms with Crippen LogP contribution in [-0.4, -0.2) is 32.3 Å². The summed E-state index contributed by atoms with van der Waals surface area (Å²) in [5.74, 6) is 1.28. The fraction of sp³-hybridized carbons (Fsp3) is 0.273. The molecule has 31 heavy (non-hydrogen) atoms. The van der Waals surface area contributed by atoms with E-state index in [4.69, 9.17) is 11.6 Å². The van der Waals surface area contributed by atoms with E-state index in [1.807, 2.05) is 41.0 Å². The summed E-state index contributed by atoms with van der Waals surface area (Å²) in [6.45, 7) is 1.92. The monoisotopic (exact) mass is 455 g/mol. The number of nitrogens with zero attached hydrogens (tertiary/aromatic N) is 3. The first kappa shape index (κ1) is 21.4. The summed E-state index contributed by atoms with van der Waals surface area (Å²) in [7, 11) is 0. The van der Waals surface area contributed by atoms with Gasteiger partial charge in [-0.15, -0.1) is 10.2 Å². The maximum atomic E-state index is 12.4. The molecule has 1 aliphatic carbocycles. The molecule has 9 heteroatoms. The van der Waals surface area contributed by atoms with Crippen molar-refractivity contribution in [3.05, 3.63) is 64.9 Å². The summed E-state index contributed by atoms with van der Waals surface area (Å²) in [5.41, 5.74) is 2.55. The molecule has 2 amide bonds. The number of carbonyl (C=O) groups is 2. The maximum Gasteiger partial charge on any atom is 0.230 e. The van der Waals surface area contributed by atoms with Crippen molar-refractivity contribution in [1.29, 1.82) is 0 Å². The van der Waals surface area contributed by atoms with Crippen molar-refractivity contribution in [2.24, 2.45) is 0 Å². The van der Waals surface area contributed by atoms with Crippen molar-refractivity contribution in [3.8, 4) is 5.69 Å². The highest BCUT2D eigenvalue weighted by atomic mass is 35.5. The molecule has 0 atom stereocenters. The molecule has 1 aromatic heterocycles. The second-order valence-corrected chi connectivity index (χ2v) is 8.75. The largest absolute Gasteiger partial charge is 0.351 e. The van der Waals surface area contributed by atoms with Crippen molar-refractivity contribution in [2.45, 2.75) is 37.4 Å². The SMILES string of the molecule is CC(=O)Nc1cccc(-n2c(SCC(=O)NCc3ccc(Cl)cc3)nnc2C2CC2)c1. The van der Waals surface area contributed by atoms with Crippen LogP contribution in [0.25, 0.3) is 5.69 Å². The molecule has 0 saturated heterocycles. The number of halogens is 1. The minimum Gasteiger partial charge on any atom is -0.351 e. The molecule has 0 spiro atoms. The zero-order valence-corrected chi connectivity index (χ0v) is 18.5. The Morgan fingerprint density at radius 3 is 2.65 bits per heavy atom. The number of rotatable bonds is 8. The molecular formula is C22H22ClN5O2S. The number of aromatic nitrogens is 3. The van der Waals surface area contributed by atoms with E-state index >= 15 is 0 Å². The summed E-state index contributed by atoms with van der Waals surface area (Å²) in [4.78, 5) is 23.8. The van der Waals surface area contributed by atoms with Gasteiger partial charge in [-0.2, -0.15) is 0 Å². The number of benzene rings is 2. The van der Waals surface area contributed by atoms with Crippen LogP contribution >= 0.6 is 23.4 Å². The van der Waals surface area contributed by atoms with Crippen LogP contribution in [0.5, 0.6) is 0 Å². The van der Waals surface area contributed by atoms with Gasteiger partial charge >= 0.3 is 0 Å². The van der Waals surface area contributed by atoms with E-state index in [0.717, 1.165) is 29.9 Å². The standard InChI is InChI=1S/C22H22ClN5O2S/c1-14(29)25-18-3-2-4-19(11-18)28-21(16-7-8-16)26-27-22(28)31-13-20(30)24-12-15-5-9-17(23)10-6-15/h2-6,9-11,16H,7-8,12-13H2,1H3,(H,24,30)(H,25,29). The van der Waals surface area contributed by atoms with E-state index in [1.165, 1.54) is 18.7 Å². The van der Waals surface area contributed by atoms with Gasteiger partial charge in [0.1, 0.15) is 5.82 Å². The summed E-state index contributed by atoms with van der Waals surface area (Å²) >= 11 is 7.24. The highest BCUT2D eigenvalue weighted by Gasteiger charge is 2.31. The number of hydrogen-bond acceptors (Lipinski definition) is 5. The average molecular weight is 456 g/mol. The quantitative estimate of drug-likeness (QED) is 0.498. The van der Waals surface area contributed by atoms with Gasteiger partial charge in [0.05, 0.1) is 11.4 Å². The first-order valence-electron chi connectivity index (χ1n) is 9.97. The smallest absolute Gasteiger partial charge is 0.230 e. The molecule has 2 N–H and O–H groups in total. The van der Waals surface area contributed by atoms with Gasteiger partial charge in [-0.25, -0.2) is 0 Å². The van der Waals surface area contributed by atoms with Gasteiger partial charge in [-0.1, -0.05) is 41.6 Å². The Kier molecular flexibility index (Phi) is 6.58. The van der Waals surface area contributed by atoms with E-state index in [0.29, 0.717) is 28.3 Å². The number of anilines is 1. The topological polar surface area (TPSA) is 88.9 Å². The molecule has 1 aliphatic rings. The Balaban J connectivity index is 1.46. The Bertz CT molecular complexity index is 1100. The minimum absolute atomic E-state index is 0.0885. The van der Waals surface area contributed by atoms with E-state index in [-0.39, 0.29) is 17.6 Å². The maximum absolute atomic E-state index is 12.4. The van der Waals surface area contributed by atoms with Crippen molar-refractivity contribution < 1.29 is 9.59 Å². The third kappa shape index (κ3) is 5.65. The van der Waals surface area contributed by atoms with Gasteiger partial charge in [-0.05, 0) is 48.7 Å². The van der Waals surface area contributed by atoms with Crippen LogP contribution in [0.4, 0.5) is 5.69 Å². The van der Waals surface area contributed by atoms with Gasteiger partial charge < -0.3 is 10.6 Å². The molecule has 3 aromatic rings. The highest BCUT2D eigenvalue weighted by Crippen LogP contribution is 2.41. The van der Waals surface area contributed by atoms with Crippen molar-refractivity contribution in [1.82, 2.24) is 20.1 Å². The highest BCUT2D eigenvalue weighted by molar-refractivity contribution is 7.99. The molecule has 1 saturated carbocycles. The molecule has 160 valence electrons. The normalized spacial score (nSPS) is 13.1. The second kappa shape index (κ2) is 9.53. The van der Waals surface area contributed by atoms with Gasteiger partial charge in [0, 0.05) is 30.1 Å². The van der Waals surface area contributed by atoms with E-state index in [9.17, 15) is 9.59 Å². The first-order valence-corrected chi connectivity index (χ1v) is 11.3. The Hall–Kier alpha value is -2.84. The number of hydrogen-bond donors (Lipinski definition) is 2. The number of thioether (sulfide) groups is 1. The van der Waals surface area contributed by atoms with Crippen LogP contribution in [-0.2, 0) is 16.1 Å². The Morgan fingerprint density at radius 2 is 1.94 bits per heavy atom. The summed E-state index contributed by atoms with van der Waals surface area (Å²) in [5, 5.41) is 15.8. The van der Waals surface area contributed by atoms with E-state index < -0.39 is 0 Å². The van der Waals surface area contributed by atoms with Crippen molar-refractivity contribution >= 4 is 40.9 Å². The molecule has 7 nitrogen and oxygen atoms in total. The molecule has 1 heterocycles. The van der Waals surface area contributed by atoms with Gasteiger partial charge in [0.2, 0.25) is 11.8 Å². The molecule has 0 radical (unpaired) electrons. The molecule has 2 aromatic carbocycles. The molecule has 4 rings (SSSR count). The third-order valence-electron chi connectivity index (χ3n) is 4.76. The number of amides is 2. The van der Waals surface area contributed by atoms with Gasteiger partial charge in [0.25, 0.3) is 0 Å². The lowest BCUT2D eigenvalue weighted by Gasteiger charge is -2.12. The molecule has 0 aliphatic heterocycles. The first-order chi connectivity index (χ1) is 15.0. The third-order valence-corrected chi connectivity index (χ3v) is 5.94. The van der Waals surface area contributed by atoms with Crippen LogP contribution in [0.1, 0.15) is 37.1 Å². The van der Waals surface area contributed by atoms with Gasteiger partial charge in [-0.3, -0.25) is 14.2 Å².